The zero-order valence-corrected chi connectivity index (χ0v) is 12.9. The number of likely N-dealkylation sites (N-methyl/N-ethyl adjacent to an activating group) is 1. The van der Waals surface area contributed by atoms with Crippen LogP contribution in [0.3, 0.4) is 0 Å². The Hall–Kier alpha value is -0.910. The number of carbonyl (C=O) groups is 1. The highest BCUT2D eigenvalue weighted by molar-refractivity contribution is 7.07. The summed E-state index contributed by atoms with van der Waals surface area (Å²) in [6.45, 7) is 5.12. The first-order chi connectivity index (χ1) is 9.74. The van der Waals surface area contributed by atoms with Crippen LogP contribution in [-0.4, -0.2) is 55.5 Å². The highest BCUT2D eigenvalue weighted by Crippen LogP contribution is 2.29. The predicted octanol–water partition coefficient (Wildman–Crippen LogP) is 1.56. The number of hydrogen-bond donors (Lipinski definition) is 1. The Morgan fingerprint density at radius 1 is 1.40 bits per heavy atom. The molecule has 0 bridgehead atoms. The standard InChI is InChI=1S/C15H23N3OS/c1-17-5-7-18(8-6-17)14(13-4-9-20-11-13)10-16-15(19)12-2-3-12/h4,9,11-12,14H,2-3,5-8,10H2,1H3,(H,16,19)/t14-/m0/s1. The zero-order chi connectivity index (χ0) is 13.9. The van der Waals surface area contributed by atoms with Gasteiger partial charge < -0.3 is 10.2 Å². The van der Waals surface area contributed by atoms with Crippen LogP contribution >= 0.6 is 11.3 Å². The molecule has 5 heteroatoms. The van der Waals surface area contributed by atoms with Gasteiger partial charge in [-0.15, -0.1) is 0 Å². The summed E-state index contributed by atoms with van der Waals surface area (Å²) in [5, 5.41) is 7.49. The van der Waals surface area contributed by atoms with Crippen LogP contribution in [0.5, 0.6) is 0 Å². The van der Waals surface area contributed by atoms with Crippen molar-refractivity contribution >= 4 is 17.2 Å². The third kappa shape index (κ3) is 3.40. The maximum Gasteiger partial charge on any atom is 0.223 e. The fraction of sp³-hybridized carbons (Fsp3) is 0.667. The Morgan fingerprint density at radius 3 is 2.75 bits per heavy atom. The molecule has 3 rings (SSSR count). The molecule has 110 valence electrons. The lowest BCUT2D eigenvalue weighted by molar-refractivity contribution is -0.122. The van der Waals surface area contributed by atoms with Crippen molar-refractivity contribution in [2.75, 3.05) is 39.8 Å². The SMILES string of the molecule is CN1CCN([C@@H](CNC(=O)C2CC2)c2ccsc2)CC1. The Balaban J connectivity index is 1.62. The number of rotatable bonds is 5. The molecule has 2 fully saturated rings. The maximum atomic E-state index is 11.9. The van der Waals surface area contributed by atoms with Gasteiger partial charge in [0.15, 0.2) is 0 Å². The van der Waals surface area contributed by atoms with Crippen LogP contribution in [0, 0.1) is 5.92 Å². The first-order valence-corrected chi connectivity index (χ1v) is 8.40. The molecule has 1 saturated carbocycles. The Bertz CT molecular complexity index is 436. The molecule has 1 N–H and O–H groups in total. The average molecular weight is 293 g/mol. The second-order valence-corrected chi connectivity index (χ2v) is 6.71. The van der Waals surface area contributed by atoms with Crippen LogP contribution in [0.1, 0.15) is 24.4 Å². The van der Waals surface area contributed by atoms with Gasteiger partial charge in [-0.1, -0.05) is 0 Å². The summed E-state index contributed by atoms with van der Waals surface area (Å²) in [5.41, 5.74) is 1.34. The summed E-state index contributed by atoms with van der Waals surface area (Å²) in [6, 6.07) is 2.52. The Kier molecular flexibility index (Phi) is 4.38. The summed E-state index contributed by atoms with van der Waals surface area (Å²) in [6.07, 6.45) is 2.15. The first-order valence-electron chi connectivity index (χ1n) is 7.46. The molecule has 1 aromatic rings. The molecule has 1 saturated heterocycles. The average Bonchev–Trinajstić information content (AvgIpc) is 3.18. The minimum Gasteiger partial charge on any atom is -0.354 e. The normalized spacial score (nSPS) is 22.6. The van der Waals surface area contributed by atoms with Gasteiger partial charge in [0.2, 0.25) is 5.91 Å². The molecule has 1 aliphatic carbocycles. The molecule has 1 aliphatic heterocycles. The van der Waals surface area contributed by atoms with Gasteiger partial charge in [-0.2, -0.15) is 11.3 Å². The summed E-state index contributed by atoms with van der Waals surface area (Å²) >= 11 is 1.74. The summed E-state index contributed by atoms with van der Waals surface area (Å²) < 4.78 is 0. The molecular weight excluding hydrogens is 270 g/mol. The minimum atomic E-state index is 0.249. The van der Waals surface area contributed by atoms with E-state index in [-0.39, 0.29) is 5.91 Å². The summed E-state index contributed by atoms with van der Waals surface area (Å²) in [4.78, 5) is 16.8. The molecule has 1 aromatic heterocycles. The van der Waals surface area contributed by atoms with E-state index in [0.717, 1.165) is 45.6 Å². The van der Waals surface area contributed by atoms with E-state index < -0.39 is 0 Å². The lowest BCUT2D eigenvalue weighted by Gasteiger charge is -2.38. The van der Waals surface area contributed by atoms with E-state index >= 15 is 0 Å². The quantitative estimate of drug-likeness (QED) is 0.895. The minimum absolute atomic E-state index is 0.249. The third-order valence-electron chi connectivity index (χ3n) is 4.32. The second kappa shape index (κ2) is 6.24. The van der Waals surface area contributed by atoms with Crippen LogP contribution in [0.25, 0.3) is 0 Å². The van der Waals surface area contributed by atoms with Crippen molar-refractivity contribution in [3.63, 3.8) is 0 Å². The number of hydrogen-bond acceptors (Lipinski definition) is 4. The zero-order valence-electron chi connectivity index (χ0n) is 12.0. The van der Waals surface area contributed by atoms with Crippen molar-refractivity contribution in [3.8, 4) is 0 Å². The van der Waals surface area contributed by atoms with Crippen LogP contribution in [0.2, 0.25) is 0 Å². The van der Waals surface area contributed by atoms with E-state index in [2.05, 4.69) is 39.0 Å². The summed E-state index contributed by atoms with van der Waals surface area (Å²) in [5.74, 6) is 0.546. The number of amides is 1. The van der Waals surface area contributed by atoms with Crippen LogP contribution in [0.4, 0.5) is 0 Å². The van der Waals surface area contributed by atoms with Crippen LogP contribution < -0.4 is 5.32 Å². The highest BCUT2D eigenvalue weighted by atomic mass is 32.1. The van der Waals surface area contributed by atoms with Gasteiger partial charge in [0.05, 0.1) is 6.04 Å². The van der Waals surface area contributed by atoms with Crippen LogP contribution in [0.15, 0.2) is 16.8 Å². The number of piperazine rings is 1. The van der Waals surface area contributed by atoms with Gasteiger partial charge >= 0.3 is 0 Å². The lowest BCUT2D eigenvalue weighted by Crippen LogP contribution is -2.48. The number of carbonyl (C=O) groups excluding carboxylic acids is 1. The molecule has 0 unspecified atom stereocenters. The number of thiophene rings is 1. The molecule has 2 aliphatic rings. The molecule has 1 amide bonds. The number of nitrogens with zero attached hydrogens (tertiary/aromatic N) is 2. The van der Waals surface area contributed by atoms with E-state index in [1.54, 1.807) is 11.3 Å². The predicted molar refractivity (Wildman–Crippen MR) is 81.9 cm³/mol. The fourth-order valence-electron chi connectivity index (χ4n) is 2.74. The van der Waals surface area contributed by atoms with E-state index in [0.29, 0.717) is 12.0 Å². The highest BCUT2D eigenvalue weighted by Gasteiger charge is 2.31. The van der Waals surface area contributed by atoms with Gasteiger partial charge in [-0.05, 0) is 42.3 Å². The maximum absolute atomic E-state index is 11.9. The summed E-state index contributed by atoms with van der Waals surface area (Å²) in [7, 11) is 2.17. The lowest BCUT2D eigenvalue weighted by atomic mass is 10.1. The first kappa shape index (κ1) is 14.0. The molecular formula is C15H23N3OS. The largest absolute Gasteiger partial charge is 0.354 e. The molecule has 0 spiro atoms. The van der Waals surface area contributed by atoms with E-state index in [4.69, 9.17) is 0 Å². The van der Waals surface area contributed by atoms with Gasteiger partial charge in [0.1, 0.15) is 0 Å². The van der Waals surface area contributed by atoms with E-state index in [1.807, 2.05) is 0 Å². The van der Waals surface area contributed by atoms with E-state index in [1.165, 1.54) is 5.56 Å². The van der Waals surface area contributed by atoms with Crippen molar-refractivity contribution in [2.24, 2.45) is 5.92 Å². The smallest absolute Gasteiger partial charge is 0.223 e. The second-order valence-electron chi connectivity index (χ2n) is 5.93. The van der Waals surface area contributed by atoms with Crippen molar-refractivity contribution < 1.29 is 4.79 Å². The Morgan fingerprint density at radius 2 is 2.15 bits per heavy atom. The van der Waals surface area contributed by atoms with Gasteiger partial charge in [-0.3, -0.25) is 9.69 Å². The topological polar surface area (TPSA) is 35.6 Å². The van der Waals surface area contributed by atoms with Crippen molar-refractivity contribution in [3.05, 3.63) is 22.4 Å². The molecule has 2 heterocycles. The Labute approximate surface area is 124 Å². The van der Waals surface area contributed by atoms with Gasteiger partial charge in [0.25, 0.3) is 0 Å². The van der Waals surface area contributed by atoms with Gasteiger partial charge in [-0.25, -0.2) is 0 Å². The molecule has 20 heavy (non-hydrogen) atoms. The monoisotopic (exact) mass is 293 g/mol. The number of nitrogens with one attached hydrogen (secondary N) is 1. The molecule has 1 atom stereocenters. The van der Waals surface area contributed by atoms with E-state index in [9.17, 15) is 4.79 Å². The third-order valence-corrected chi connectivity index (χ3v) is 5.03. The molecule has 0 aromatic carbocycles. The van der Waals surface area contributed by atoms with Crippen molar-refractivity contribution in [2.45, 2.75) is 18.9 Å². The van der Waals surface area contributed by atoms with Crippen molar-refractivity contribution in [1.29, 1.82) is 0 Å². The van der Waals surface area contributed by atoms with Crippen molar-refractivity contribution in [1.82, 2.24) is 15.1 Å². The molecule has 4 nitrogen and oxygen atoms in total. The molecule has 0 radical (unpaired) electrons. The van der Waals surface area contributed by atoms with Gasteiger partial charge in [0, 0.05) is 38.6 Å². The van der Waals surface area contributed by atoms with Crippen LogP contribution in [-0.2, 0) is 4.79 Å². The fourth-order valence-corrected chi connectivity index (χ4v) is 3.45.